The van der Waals surface area contributed by atoms with Gasteiger partial charge in [-0.15, -0.1) is 0 Å². The molecular weight excluding hydrogens is 200 g/mol. The fourth-order valence-corrected chi connectivity index (χ4v) is 1.44. The van der Waals surface area contributed by atoms with Crippen LogP contribution in [0.2, 0.25) is 0 Å². The van der Waals surface area contributed by atoms with Crippen LogP contribution in [0.1, 0.15) is 19.4 Å². The molecule has 0 fully saturated rings. The molecule has 0 atom stereocenters. The van der Waals surface area contributed by atoms with Crippen molar-refractivity contribution in [2.45, 2.75) is 13.8 Å². The molecule has 82 valence electrons. The molecule has 0 spiro atoms. The summed E-state index contributed by atoms with van der Waals surface area (Å²) < 4.78 is 1.54. The quantitative estimate of drug-likeness (QED) is 0.676. The van der Waals surface area contributed by atoms with Crippen molar-refractivity contribution in [2.75, 3.05) is 0 Å². The molecule has 0 unspecified atom stereocenters. The molecule has 0 aliphatic heterocycles. The van der Waals surface area contributed by atoms with Crippen molar-refractivity contribution < 1.29 is 0 Å². The lowest BCUT2D eigenvalue weighted by molar-refractivity contribution is 0.906. The van der Waals surface area contributed by atoms with Crippen molar-refractivity contribution in [1.29, 1.82) is 5.26 Å². The third-order valence-corrected chi connectivity index (χ3v) is 2.26. The molecule has 3 heteroatoms. The van der Waals surface area contributed by atoms with Gasteiger partial charge in [0.25, 0.3) is 5.56 Å². The highest BCUT2D eigenvalue weighted by atomic mass is 16.1. The Bertz CT molecular complexity index is 591. The highest BCUT2D eigenvalue weighted by Gasteiger charge is 1.99. The van der Waals surface area contributed by atoms with Crippen molar-refractivity contribution in [3.05, 3.63) is 46.2 Å². The van der Waals surface area contributed by atoms with Gasteiger partial charge in [0.1, 0.15) is 0 Å². The molecule has 16 heavy (non-hydrogen) atoms. The van der Waals surface area contributed by atoms with E-state index in [1.165, 1.54) is 10.6 Å². The molecule has 3 nitrogen and oxygen atoms in total. The molecule has 1 heterocycles. The molecule has 0 aliphatic carbocycles. The lowest BCUT2D eigenvalue weighted by Crippen LogP contribution is -2.14. The van der Waals surface area contributed by atoms with Crippen LogP contribution >= 0.6 is 0 Å². The Morgan fingerprint density at radius 2 is 1.81 bits per heavy atom. The number of hydrogen-bond acceptors (Lipinski definition) is 2. The van der Waals surface area contributed by atoms with Gasteiger partial charge in [-0.05, 0) is 23.6 Å². The fourth-order valence-electron chi connectivity index (χ4n) is 1.44. The Morgan fingerprint density at radius 3 is 2.44 bits per heavy atom. The number of nitrogens with zero attached hydrogens (tertiary/aromatic N) is 2. The average Bonchev–Trinajstić information content (AvgIpc) is 2.36. The van der Waals surface area contributed by atoms with Crippen LogP contribution in [0.4, 0.5) is 0 Å². The molecule has 1 aromatic heterocycles. The van der Waals surface area contributed by atoms with E-state index < -0.39 is 0 Å². The summed E-state index contributed by atoms with van der Waals surface area (Å²) in [4.78, 5) is 11.3. The van der Waals surface area contributed by atoms with E-state index in [4.69, 9.17) is 5.26 Å². The van der Waals surface area contributed by atoms with E-state index in [9.17, 15) is 4.79 Å². The fraction of sp³-hybridized carbons (Fsp3) is 0.231. The SMILES string of the molecule is CC.Cn1c(=O)ccc2ccc(C#N)cc21. The first-order valence-electron chi connectivity index (χ1n) is 5.22. The standard InChI is InChI=1S/C11H8N2O.C2H6/c1-13-10-6-8(7-12)2-3-9(10)4-5-11(13)14;1-2/h2-6H,1H3;1-2H3. The summed E-state index contributed by atoms with van der Waals surface area (Å²) in [6.45, 7) is 4.00. The molecule has 0 saturated heterocycles. The van der Waals surface area contributed by atoms with E-state index in [2.05, 4.69) is 6.07 Å². The van der Waals surface area contributed by atoms with E-state index in [0.29, 0.717) is 5.56 Å². The number of pyridine rings is 1. The first-order valence-corrected chi connectivity index (χ1v) is 5.22. The smallest absolute Gasteiger partial charge is 0.250 e. The summed E-state index contributed by atoms with van der Waals surface area (Å²) in [7, 11) is 1.70. The summed E-state index contributed by atoms with van der Waals surface area (Å²) in [6.07, 6.45) is 0. The van der Waals surface area contributed by atoms with Crippen molar-refractivity contribution in [3.8, 4) is 6.07 Å². The van der Waals surface area contributed by atoms with Gasteiger partial charge >= 0.3 is 0 Å². The van der Waals surface area contributed by atoms with E-state index >= 15 is 0 Å². The Labute approximate surface area is 94.6 Å². The van der Waals surface area contributed by atoms with Gasteiger partial charge in [-0.2, -0.15) is 5.26 Å². The van der Waals surface area contributed by atoms with E-state index in [1.807, 2.05) is 19.9 Å². The Balaban J connectivity index is 0.000000606. The van der Waals surface area contributed by atoms with Gasteiger partial charge in [0.15, 0.2) is 0 Å². The zero-order chi connectivity index (χ0) is 12.1. The normalized spacial score (nSPS) is 9.12. The second-order valence-electron chi connectivity index (χ2n) is 3.12. The molecule has 2 aromatic rings. The number of aromatic nitrogens is 1. The molecule has 1 aromatic carbocycles. The highest BCUT2D eigenvalue weighted by Crippen LogP contribution is 2.12. The van der Waals surface area contributed by atoms with Crippen LogP contribution < -0.4 is 5.56 Å². The molecule has 2 rings (SSSR count). The lowest BCUT2D eigenvalue weighted by atomic mass is 10.1. The summed E-state index contributed by atoms with van der Waals surface area (Å²) in [6, 6.07) is 10.6. The number of aryl methyl sites for hydroxylation is 1. The first-order chi connectivity index (χ1) is 7.72. The average molecular weight is 214 g/mol. The second kappa shape index (κ2) is 5.13. The molecule has 0 saturated carbocycles. The third kappa shape index (κ3) is 2.12. The number of nitriles is 1. The van der Waals surface area contributed by atoms with Crippen LogP contribution in [-0.4, -0.2) is 4.57 Å². The van der Waals surface area contributed by atoms with Crippen molar-refractivity contribution in [2.24, 2.45) is 7.05 Å². The maximum Gasteiger partial charge on any atom is 0.250 e. The van der Waals surface area contributed by atoms with E-state index in [1.54, 1.807) is 25.2 Å². The van der Waals surface area contributed by atoms with Gasteiger partial charge in [-0.1, -0.05) is 19.9 Å². The van der Waals surface area contributed by atoms with Crippen LogP contribution in [-0.2, 0) is 7.05 Å². The molecule has 0 radical (unpaired) electrons. The minimum atomic E-state index is -0.0624. The van der Waals surface area contributed by atoms with Gasteiger partial charge in [0.05, 0.1) is 17.1 Å². The molecule has 0 amide bonds. The Hall–Kier alpha value is -2.08. The maximum absolute atomic E-state index is 11.3. The zero-order valence-electron chi connectivity index (χ0n) is 9.69. The van der Waals surface area contributed by atoms with Gasteiger partial charge in [-0.25, -0.2) is 0 Å². The largest absolute Gasteiger partial charge is 0.311 e. The summed E-state index contributed by atoms with van der Waals surface area (Å²) in [5, 5.41) is 9.68. The maximum atomic E-state index is 11.3. The van der Waals surface area contributed by atoms with Crippen molar-refractivity contribution in [3.63, 3.8) is 0 Å². The number of rotatable bonds is 0. The summed E-state index contributed by atoms with van der Waals surface area (Å²) in [5.41, 5.74) is 1.29. The Kier molecular flexibility index (Phi) is 3.84. The van der Waals surface area contributed by atoms with Crippen LogP contribution in [0.3, 0.4) is 0 Å². The number of fused-ring (bicyclic) bond motifs is 1. The highest BCUT2D eigenvalue weighted by molar-refractivity contribution is 5.80. The van der Waals surface area contributed by atoms with E-state index in [0.717, 1.165) is 10.9 Å². The predicted molar refractivity (Wildman–Crippen MR) is 65.3 cm³/mol. The van der Waals surface area contributed by atoms with Crippen LogP contribution in [0.25, 0.3) is 10.9 Å². The minimum absolute atomic E-state index is 0.0624. The van der Waals surface area contributed by atoms with E-state index in [-0.39, 0.29) is 5.56 Å². The van der Waals surface area contributed by atoms with Crippen molar-refractivity contribution in [1.82, 2.24) is 4.57 Å². The third-order valence-electron chi connectivity index (χ3n) is 2.26. The molecule has 0 aliphatic rings. The molecular formula is C13H14N2O. The van der Waals surface area contributed by atoms with Crippen LogP contribution in [0, 0.1) is 11.3 Å². The summed E-state index contributed by atoms with van der Waals surface area (Å²) >= 11 is 0. The zero-order valence-corrected chi connectivity index (χ0v) is 9.69. The predicted octanol–water partition coefficient (Wildman–Crippen LogP) is 2.44. The Morgan fingerprint density at radius 1 is 1.19 bits per heavy atom. The minimum Gasteiger partial charge on any atom is -0.311 e. The first kappa shape index (κ1) is 12.0. The van der Waals surface area contributed by atoms with Gasteiger partial charge in [0, 0.05) is 13.1 Å². The van der Waals surface area contributed by atoms with Gasteiger partial charge in [0.2, 0.25) is 0 Å². The van der Waals surface area contributed by atoms with Crippen molar-refractivity contribution >= 4 is 10.9 Å². The van der Waals surface area contributed by atoms with Crippen LogP contribution in [0.5, 0.6) is 0 Å². The number of hydrogen-bond donors (Lipinski definition) is 0. The lowest BCUT2D eigenvalue weighted by Gasteiger charge is -2.03. The second-order valence-corrected chi connectivity index (χ2v) is 3.12. The topological polar surface area (TPSA) is 45.8 Å². The molecule has 0 bridgehead atoms. The van der Waals surface area contributed by atoms with Gasteiger partial charge in [-0.3, -0.25) is 4.79 Å². The monoisotopic (exact) mass is 214 g/mol. The van der Waals surface area contributed by atoms with Gasteiger partial charge < -0.3 is 4.57 Å². The summed E-state index contributed by atoms with van der Waals surface area (Å²) in [5.74, 6) is 0. The molecule has 0 N–H and O–H groups in total. The van der Waals surface area contributed by atoms with Crippen LogP contribution in [0.15, 0.2) is 35.1 Å². The number of benzene rings is 1.